The Morgan fingerprint density at radius 2 is 1.55 bits per heavy atom. The number of rotatable bonds is 1. The molecule has 1 heteroatoms. The van der Waals surface area contributed by atoms with Crippen LogP contribution in [0, 0.1) is 0 Å². The predicted octanol–water partition coefficient (Wildman–Crippen LogP) is 3.60. The molecule has 0 atom stereocenters. The Kier molecular flexibility index (Phi) is 2.10. The Balaban J connectivity index is 2.90. The van der Waals surface area contributed by atoms with Crippen molar-refractivity contribution in [2.45, 2.75) is 38.0 Å². The lowest BCUT2D eigenvalue weighted by molar-refractivity contribution is 0.885. The van der Waals surface area contributed by atoms with Crippen LogP contribution < -0.4 is 0 Å². The molecule has 0 aromatic heterocycles. The lowest BCUT2D eigenvalue weighted by Gasteiger charge is -2.36. The standard InChI is InChI=1S/C10H18Si/c1-10(11(2,3)4)8-6-5-7-9-10/h6-9H,5H2,1-4H3. The molecule has 1 aliphatic rings. The molecule has 0 bridgehead atoms. The summed E-state index contributed by atoms with van der Waals surface area (Å²) in [5, 5.41) is 0.394. The molecular formula is C10H18Si. The van der Waals surface area contributed by atoms with Crippen molar-refractivity contribution in [3.8, 4) is 0 Å². The van der Waals surface area contributed by atoms with Crippen LogP contribution in [0.2, 0.25) is 24.7 Å². The van der Waals surface area contributed by atoms with E-state index in [1.54, 1.807) is 0 Å². The molecule has 1 rings (SSSR count). The first-order valence-corrected chi connectivity index (χ1v) is 7.81. The van der Waals surface area contributed by atoms with Crippen LogP contribution in [-0.2, 0) is 0 Å². The smallest absolute Gasteiger partial charge is 0.0593 e. The van der Waals surface area contributed by atoms with Gasteiger partial charge in [-0.3, -0.25) is 0 Å². The molecule has 0 radical (unpaired) electrons. The highest BCUT2D eigenvalue weighted by Gasteiger charge is 2.34. The van der Waals surface area contributed by atoms with Crippen LogP contribution in [0.3, 0.4) is 0 Å². The van der Waals surface area contributed by atoms with Crippen LogP contribution >= 0.6 is 0 Å². The molecular weight excluding hydrogens is 148 g/mol. The molecule has 62 valence electrons. The van der Waals surface area contributed by atoms with E-state index in [1.807, 2.05) is 0 Å². The average Bonchev–Trinajstić information content (AvgIpc) is 1.87. The van der Waals surface area contributed by atoms with Gasteiger partial charge >= 0.3 is 0 Å². The minimum Gasteiger partial charge on any atom is -0.0842 e. The summed E-state index contributed by atoms with van der Waals surface area (Å²) in [6, 6.07) is 0. The van der Waals surface area contributed by atoms with E-state index >= 15 is 0 Å². The van der Waals surface area contributed by atoms with Crippen molar-refractivity contribution in [3.05, 3.63) is 24.3 Å². The molecule has 0 unspecified atom stereocenters. The SMILES string of the molecule is CC1([Si](C)(C)C)C=CCC=C1. The van der Waals surface area contributed by atoms with Gasteiger partial charge in [0.05, 0.1) is 8.07 Å². The average molecular weight is 166 g/mol. The van der Waals surface area contributed by atoms with Crippen LogP contribution in [0.1, 0.15) is 13.3 Å². The summed E-state index contributed by atoms with van der Waals surface area (Å²) in [5.41, 5.74) is 0. The van der Waals surface area contributed by atoms with Crippen LogP contribution in [-0.4, -0.2) is 8.07 Å². The maximum atomic E-state index is 2.42. The van der Waals surface area contributed by atoms with Crippen molar-refractivity contribution in [1.82, 2.24) is 0 Å². The van der Waals surface area contributed by atoms with Gasteiger partial charge in [0.25, 0.3) is 0 Å². The minimum absolute atomic E-state index is 0.394. The van der Waals surface area contributed by atoms with Crippen LogP contribution in [0.15, 0.2) is 24.3 Å². The molecule has 0 saturated carbocycles. The van der Waals surface area contributed by atoms with Crippen LogP contribution in [0.25, 0.3) is 0 Å². The zero-order chi connectivity index (χ0) is 8.54. The van der Waals surface area contributed by atoms with Gasteiger partial charge in [0.2, 0.25) is 0 Å². The molecule has 0 fully saturated rings. The molecule has 0 aromatic carbocycles. The summed E-state index contributed by atoms with van der Waals surface area (Å²) in [4.78, 5) is 0. The third-order valence-electron chi connectivity index (χ3n) is 2.82. The fourth-order valence-corrected chi connectivity index (χ4v) is 2.50. The third kappa shape index (κ3) is 1.64. The van der Waals surface area contributed by atoms with Crippen molar-refractivity contribution in [2.24, 2.45) is 0 Å². The fourth-order valence-electron chi connectivity index (χ4n) is 1.26. The first-order chi connectivity index (χ1) is 4.96. The molecule has 0 aliphatic heterocycles. The Bertz CT molecular complexity index is 181. The molecule has 0 N–H and O–H groups in total. The van der Waals surface area contributed by atoms with Gasteiger partial charge in [0, 0.05) is 0 Å². The maximum absolute atomic E-state index is 2.42. The highest BCUT2D eigenvalue weighted by molar-refractivity contribution is 6.80. The second-order valence-corrected chi connectivity index (χ2v) is 10.2. The lowest BCUT2D eigenvalue weighted by atomic mass is 10.0. The lowest BCUT2D eigenvalue weighted by Crippen LogP contribution is -2.35. The predicted molar refractivity (Wildman–Crippen MR) is 54.6 cm³/mol. The second-order valence-electron chi connectivity index (χ2n) is 4.57. The molecule has 0 spiro atoms. The monoisotopic (exact) mass is 166 g/mol. The highest BCUT2D eigenvalue weighted by atomic mass is 28.3. The summed E-state index contributed by atoms with van der Waals surface area (Å²) in [7, 11) is -1.05. The van der Waals surface area contributed by atoms with Crippen molar-refractivity contribution in [3.63, 3.8) is 0 Å². The Hall–Kier alpha value is -0.303. The zero-order valence-electron chi connectivity index (χ0n) is 8.02. The molecule has 0 heterocycles. The second kappa shape index (κ2) is 2.63. The van der Waals surface area contributed by atoms with E-state index in [0.29, 0.717) is 5.04 Å². The van der Waals surface area contributed by atoms with Crippen molar-refractivity contribution >= 4 is 8.07 Å². The van der Waals surface area contributed by atoms with Gasteiger partial charge in [-0.2, -0.15) is 0 Å². The Morgan fingerprint density at radius 1 is 1.09 bits per heavy atom. The minimum atomic E-state index is -1.05. The van der Waals surface area contributed by atoms with Gasteiger partial charge in [-0.15, -0.1) is 0 Å². The van der Waals surface area contributed by atoms with Gasteiger partial charge in [-0.05, 0) is 11.5 Å². The fraction of sp³-hybridized carbons (Fsp3) is 0.600. The van der Waals surface area contributed by atoms with E-state index < -0.39 is 8.07 Å². The van der Waals surface area contributed by atoms with Gasteiger partial charge < -0.3 is 0 Å². The highest BCUT2D eigenvalue weighted by Crippen LogP contribution is 2.42. The van der Waals surface area contributed by atoms with E-state index in [2.05, 4.69) is 50.9 Å². The van der Waals surface area contributed by atoms with E-state index in [0.717, 1.165) is 6.42 Å². The van der Waals surface area contributed by atoms with Crippen molar-refractivity contribution in [2.75, 3.05) is 0 Å². The zero-order valence-corrected chi connectivity index (χ0v) is 9.02. The summed E-state index contributed by atoms with van der Waals surface area (Å²) in [5.74, 6) is 0. The van der Waals surface area contributed by atoms with Crippen LogP contribution in [0.4, 0.5) is 0 Å². The summed E-state index contributed by atoms with van der Waals surface area (Å²) in [6.45, 7) is 9.62. The number of hydrogen-bond donors (Lipinski definition) is 0. The van der Waals surface area contributed by atoms with E-state index in [4.69, 9.17) is 0 Å². The summed E-state index contributed by atoms with van der Waals surface area (Å²) >= 11 is 0. The largest absolute Gasteiger partial charge is 0.0842 e. The quantitative estimate of drug-likeness (QED) is 0.412. The molecule has 0 nitrogen and oxygen atoms in total. The first kappa shape index (κ1) is 8.79. The maximum Gasteiger partial charge on any atom is 0.0593 e. The normalized spacial score (nSPS) is 22.2. The Morgan fingerprint density at radius 3 is 1.82 bits per heavy atom. The van der Waals surface area contributed by atoms with Gasteiger partial charge in [-0.1, -0.05) is 50.9 Å². The summed E-state index contributed by atoms with van der Waals surface area (Å²) < 4.78 is 0. The third-order valence-corrected chi connectivity index (χ3v) is 6.38. The van der Waals surface area contributed by atoms with Gasteiger partial charge in [0.15, 0.2) is 0 Å². The number of hydrogen-bond acceptors (Lipinski definition) is 0. The number of allylic oxidation sites excluding steroid dienone is 4. The van der Waals surface area contributed by atoms with E-state index in [1.165, 1.54) is 0 Å². The van der Waals surface area contributed by atoms with E-state index in [-0.39, 0.29) is 0 Å². The van der Waals surface area contributed by atoms with Crippen LogP contribution in [0.5, 0.6) is 0 Å². The molecule has 1 aliphatic carbocycles. The molecule has 11 heavy (non-hydrogen) atoms. The Labute approximate surface area is 71.0 Å². The topological polar surface area (TPSA) is 0 Å². The van der Waals surface area contributed by atoms with Crippen molar-refractivity contribution < 1.29 is 0 Å². The first-order valence-electron chi connectivity index (χ1n) is 4.31. The molecule has 0 saturated heterocycles. The molecule has 0 amide bonds. The van der Waals surface area contributed by atoms with Crippen molar-refractivity contribution in [1.29, 1.82) is 0 Å². The van der Waals surface area contributed by atoms with Gasteiger partial charge in [0.1, 0.15) is 0 Å². The van der Waals surface area contributed by atoms with Gasteiger partial charge in [-0.25, -0.2) is 0 Å². The summed E-state index contributed by atoms with van der Waals surface area (Å²) in [6.07, 6.45) is 10.5. The van der Waals surface area contributed by atoms with E-state index in [9.17, 15) is 0 Å². The molecule has 0 aromatic rings.